The molecule has 2 aliphatic heterocycles. The smallest absolute Gasteiger partial charge is 0.321 e. The summed E-state index contributed by atoms with van der Waals surface area (Å²) in [5.41, 5.74) is 0.951. The maximum Gasteiger partial charge on any atom is 0.321 e. The monoisotopic (exact) mass is 455 g/mol. The first-order valence-corrected chi connectivity index (χ1v) is 13.3. The molecule has 166 valence electrons. The van der Waals surface area contributed by atoms with E-state index in [2.05, 4.69) is 15.6 Å². The molecule has 1 saturated carbocycles. The Labute approximate surface area is 181 Å². The van der Waals surface area contributed by atoms with E-state index >= 15 is 0 Å². The minimum absolute atomic E-state index is 0.0932. The Hall–Kier alpha value is -1.72. The highest BCUT2D eigenvalue weighted by Crippen LogP contribution is 2.30. The minimum Gasteiger partial charge on any atom is -0.337 e. The summed E-state index contributed by atoms with van der Waals surface area (Å²) in [6.45, 7) is 1.91. The Bertz CT molecular complexity index is 902. The van der Waals surface area contributed by atoms with Gasteiger partial charge in [0.1, 0.15) is 0 Å². The maximum absolute atomic E-state index is 13.0. The number of carbonyl (C=O) groups is 2. The number of urea groups is 1. The molecule has 1 aliphatic carbocycles. The average Bonchev–Trinajstić information content (AvgIpc) is 3.35. The van der Waals surface area contributed by atoms with Crippen LogP contribution in [0.3, 0.4) is 0 Å². The van der Waals surface area contributed by atoms with Crippen LogP contribution in [-0.4, -0.2) is 66.5 Å². The Morgan fingerprint density at radius 3 is 2.47 bits per heavy atom. The second-order valence-electron chi connectivity index (χ2n) is 8.41. The first-order chi connectivity index (χ1) is 14.3. The third-order valence-electron chi connectivity index (χ3n) is 6.23. The van der Waals surface area contributed by atoms with Crippen LogP contribution in [0.5, 0.6) is 0 Å². The number of aromatic nitrogens is 1. The van der Waals surface area contributed by atoms with Gasteiger partial charge in [-0.3, -0.25) is 10.1 Å². The van der Waals surface area contributed by atoms with E-state index in [1.165, 1.54) is 21.9 Å². The van der Waals surface area contributed by atoms with E-state index in [0.29, 0.717) is 50.6 Å². The standard InChI is InChI=1S/C19H29N5O4S2/c1-30(27,28)24-10-6-13(7-11-24)17(25)23-9-8-15-16(12-23)29-19(21-15)22-18(26)20-14-4-2-3-5-14/h13-14H,2-12H2,1H3,(H2,20,21,22,26). The summed E-state index contributed by atoms with van der Waals surface area (Å²) >= 11 is 1.43. The van der Waals surface area contributed by atoms with Gasteiger partial charge in [-0.05, 0) is 25.7 Å². The zero-order chi connectivity index (χ0) is 21.3. The molecule has 0 radical (unpaired) electrons. The number of piperidine rings is 1. The molecule has 0 aromatic carbocycles. The van der Waals surface area contributed by atoms with Crippen LogP contribution in [0.2, 0.25) is 0 Å². The Kier molecular flexibility index (Phi) is 6.31. The first-order valence-electron chi connectivity index (χ1n) is 10.6. The van der Waals surface area contributed by atoms with Crippen molar-refractivity contribution in [1.29, 1.82) is 0 Å². The summed E-state index contributed by atoms with van der Waals surface area (Å²) in [7, 11) is -3.19. The lowest BCUT2D eigenvalue weighted by Crippen LogP contribution is -2.45. The van der Waals surface area contributed by atoms with Crippen molar-refractivity contribution in [1.82, 2.24) is 19.5 Å². The van der Waals surface area contributed by atoms with Crippen molar-refractivity contribution < 1.29 is 18.0 Å². The summed E-state index contributed by atoms with van der Waals surface area (Å²) in [6.07, 6.45) is 7.39. The highest BCUT2D eigenvalue weighted by atomic mass is 32.2. The lowest BCUT2D eigenvalue weighted by molar-refractivity contribution is -0.137. The number of rotatable bonds is 4. The van der Waals surface area contributed by atoms with Crippen LogP contribution in [0.15, 0.2) is 0 Å². The molecule has 0 bridgehead atoms. The third kappa shape index (κ3) is 4.94. The van der Waals surface area contributed by atoms with Crippen LogP contribution in [0, 0.1) is 5.92 Å². The molecule has 3 heterocycles. The number of hydrogen-bond acceptors (Lipinski definition) is 6. The summed E-state index contributed by atoms with van der Waals surface area (Å²) in [5.74, 6) is -0.0389. The fourth-order valence-electron chi connectivity index (χ4n) is 4.52. The topological polar surface area (TPSA) is 112 Å². The van der Waals surface area contributed by atoms with Crippen LogP contribution in [-0.2, 0) is 27.8 Å². The highest BCUT2D eigenvalue weighted by Gasteiger charge is 2.33. The molecule has 11 heteroatoms. The van der Waals surface area contributed by atoms with E-state index in [4.69, 9.17) is 0 Å². The summed E-state index contributed by atoms with van der Waals surface area (Å²) in [6, 6.07) is 0.0420. The molecule has 4 rings (SSSR count). The molecule has 9 nitrogen and oxygen atoms in total. The molecule has 3 amide bonds. The van der Waals surface area contributed by atoms with E-state index in [9.17, 15) is 18.0 Å². The molecule has 1 aromatic rings. The molecule has 2 fully saturated rings. The molecular weight excluding hydrogens is 426 g/mol. The van der Waals surface area contributed by atoms with Gasteiger partial charge in [0.2, 0.25) is 15.9 Å². The van der Waals surface area contributed by atoms with E-state index < -0.39 is 10.0 Å². The average molecular weight is 456 g/mol. The first kappa shape index (κ1) is 21.5. The van der Waals surface area contributed by atoms with Gasteiger partial charge in [-0.1, -0.05) is 24.2 Å². The van der Waals surface area contributed by atoms with E-state index in [0.717, 1.165) is 36.3 Å². The fourth-order valence-corrected chi connectivity index (χ4v) is 6.41. The van der Waals surface area contributed by atoms with Crippen molar-refractivity contribution in [3.05, 3.63) is 10.6 Å². The van der Waals surface area contributed by atoms with Crippen LogP contribution >= 0.6 is 11.3 Å². The number of fused-ring (bicyclic) bond motifs is 1. The summed E-state index contributed by atoms with van der Waals surface area (Å²) in [5, 5.41) is 6.42. The van der Waals surface area contributed by atoms with E-state index in [1.54, 1.807) is 0 Å². The van der Waals surface area contributed by atoms with Gasteiger partial charge in [-0.25, -0.2) is 22.5 Å². The largest absolute Gasteiger partial charge is 0.337 e. The molecule has 30 heavy (non-hydrogen) atoms. The summed E-state index contributed by atoms with van der Waals surface area (Å²) in [4.78, 5) is 32.6. The normalized spacial score (nSPS) is 21.4. The van der Waals surface area contributed by atoms with Crippen molar-refractivity contribution in [2.45, 2.75) is 57.5 Å². The zero-order valence-electron chi connectivity index (χ0n) is 17.2. The van der Waals surface area contributed by atoms with E-state index in [1.807, 2.05) is 4.90 Å². The second-order valence-corrected chi connectivity index (χ2v) is 11.5. The highest BCUT2D eigenvalue weighted by molar-refractivity contribution is 7.88. The Morgan fingerprint density at radius 1 is 1.10 bits per heavy atom. The van der Waals surface area contributed by atoms with Crippen molar-refractivity contribution in [3.63, 3.8) is 0 Å². The molecule has 1 saturated heterocycles. The quantitative estimate of drug-likeness (QED) is 0.719. The fraction of sp³-hybridized carbons (Fsp3) is 0.737. The molecule has 3 aliphatic rings. The van der Waals surface area contributed by atoms with Crippen LogP contribution in [0.25, 0.3) is 0 Å². The molecule has 0 atom stereocenters. The van der Waals surface area contributed by atoms with E-state index in [-0.39, 0.29) is 23.9 Å². The second kappa shape index (κ2) is 8.80. The molecular formula is C19H29N5O4S2. The van der Waals surface area contributed by atoms with Gasteiger partial charge in [-0.15, -0.1) is 0 Å². The van der Waals surface area contributed by atoms with Gasteiger partial charge in [0, 0.05) is 42.9 Å². The molecule has 0 unspecified atom stereocenters. The molecule has 1 aromatic heterocycles. The molecule has 2 N–H and O–H groups in total. The van der Waals surface area contributed by atoms with Gasteiger partial charge in [0.25, 0.3) is 0 Å². The minimum atomic E-state index is -3.19. The zero-order valence-corrected chi connectivity index (χ0v) is 18.9. The van der Waals surface area contributed by atoms with Crippen LogP contribution in [0.4, 0.5) is 9.93 Å². The number of amides is 3. The lowest BCUT2D eigenvalue weighted by Gasteiger charge is -2.34. The van der Waals surface area contributed by atoms with Gasteiger partial charge in [-0.2, -0.15) is 0 Å². The lowest BCUT2D eigenvalue weighted by atomic mass is 9.96. The van der Waals surface area contributed by atoms with Gasteiger partial charge < -0.3 is 10.2 Å². The maximum atomic E-state index is 13.0. The van der Waals surface area contributed by atoms with Crippen molar-refractivity contribution in [2.75, 3.05) is 31.2 Å². The number of hydrogen-bond donors (Lipinski definition) is 2. The van der Waals surface area contributed by atoms with Gasteiger partial charge in [0.15, 0.2) is 5.13 Å². The van der Waals surface area contributed by atoms with Crippen molar-refractivity contribution in [3.8, 4) is 0 Å². The molecule has 0 spiro atoms. The number of sulfonamides is 1. The Balaban J connectivity index is 1.31. The van der Waals surface area contributed by atoms with Crippen molar-refractivity contribution >= 4 is 38.4 Å². The number of nitrogens with one attached hydrogen (secondary N) is 2. The predicted octanol–water partition coefficient (Wildman–Crippen LogP) is 1.76. The number of carbonyl (C=O) groups excluding carboxylic acids is 2. The number of nitrogens with zero attached hydrogens (tertiary/aromatic N) is 3. The van der Waals surface area contributed by atoms with Gasteiger partial charge in [0.05, 0.1) is 18.5 Å². The van der Waals surface area contributed by atoms with Gasteiger partial charge >= 0.3 is 6.03 Å². The van der Waals surface area contributed by atoms with Crippen molar-refractivity contribution in [2.24, 2.45) is 5.92 Å². The number of anilines is 1. The Morgan fingerprint density at radius 2 is 1.80 bits per heavy atom. The predicted molar refractivity (Wildman–Crippen MR) is 115 cm³/mol. The third-order valence-corrected chi connectivity index (χ3v) is 8.53. The van der Waals surface area contributed by atoms with Crippen LogP contribution in [0.1, 0.15) is 49.1 Å². The van der Waals surface area contributed by atoms with Crippen LogP contribution < -0.4 is 10.6 Å². The summed E-state index contributed by atoms with van der Waals surface area (Å²) < 4.78 is 24.8. The number of thiazole rings is 1. The SMILES string of the molecule is CS(=O)(=O)N1CCC(C(=O)N2CCc3nc(NC(=O)NC4CCCC4)sc3C2)CC1.